The van der Waals surface area contributed by atoms with Gasteiger partial charge in [0.2, 0.25) is 0 Å². The van der Waals surface area contributed by atoms with Crippen molar-refractivity contribution < 1.29 is 18.0 Å². The standard InChI is InChI=1S/C8H10F3N3O/c1-14-5-3-6(13-14)2-4-12-7(15)8(9,10)11/h3,5H,2,4H2,1H3,(H,12,15). The second kappa shape index (κ2) is 4.33. The van der Waals surface area contributed by atoms with E-state index in [1.807, 2.05) is 0 Å². The van der Waals surface area contributed by atoms with Gasteiger partial charge in [-0.2, -0.15) is 18.3 Å². The van der Waals surface area contributed by atoms with E-state index in [1.54, 1.807) is 29.3 Å². The zero-order valence-corrected chi connectivity index (χ0v) is 8.01. The van der Waals surface area contributed by atoms with Gasteiger partial charge in [0.05, 0.1) is 5.69 Å². The summed E-state index contributed by atoms with van der Waals surface area (Å²) in [4.78, 5) is 10.4. The van der Waals surface area contributed by atoms with E-state index in [2.05, 4.69) is 5.10 Å². The lowest BCUT2D eigenvalue weighted by Gasteiger charge is -2.06. The molecule has 0 saturated heterocycles. The monoisotopic (exact) mass is 221 g/mol. The number of nitrogens with one attached hydrogen (secondary N) is 1. The van der Waals surface area contributed by atoms with Gasteiger partial charge in [-0.15, -0.1) is 0 Å². The fraction of sp³-hybridized carbons (Fsp3) is 0.500. The Morgan fingerprint density at radius 1 is 1.60 bits per heavy atom. The molecule has 0 saturated carbocycles. The van der Waals surface area contributed by atoms with E-state index in [-0.39, 0.29) is 13.0 Å². The van der Waals surface area contributed by atoms with E-state index in [1.165, 1.54) is 0 Å². The van der Waals surface area contributed by atoms with Gasteiger partial charge in [0.1, 0.15) is 0 Å². The average molecular weight is 221 g/mol. The van der Waals surface area contributed by atoms with Crippen LogP contribution in [0.15, 0.2) is 12.3 Å². The van der Waals surface area contributed by atoms with Gasteiger partial charge in [-0.3, -0.25) is 9.48 Å². The van der Waals surface area contributed by atoms with Crippen molar-refractivity contribution in [1.29, 1.82) is 0 Å². The molecule has 1 N–H and O–H groups in total. The Balaban J connectivity index is 2.31. The third kappa shape index (κ3) is 3.61. The van der Waals surface area contributed by atoms with Gasteiger partial charge in [-0.1, -0.05) is 0 Å². The summed E-state index contributed by atoms with van der Waals surface area (Å²) < 4.78 is 36.8. The summed E-state index contributed by atoms with van der Waals surface area (Å²) in [5, 5.41) is 5.72. The number of hydrogen-bond donors (Lipinski definition) is 1. The van der Waals surface area contributed by atoms with Gasteiger partial charge in [0.25, 0.3) is 0 Å². The van der Waals surface area contributed by atoms with Crippen LogP contribution in [0.25, 0.3) is 0 Å². The molecule has 0 unspecified atom stereocenters. The lowest BCUT2D eigenvalue weighted by Crippen LogP contribution is -2.37. The van der Waals surface area contributed by atoms with Crippen molar-refractivity contribution in [1.82, 2.24) is 15.1 Å². The van der Waals surface area contributed by atoms with Crippen molar-refractivity contribution >= 4 is 5.91 Å². The Morgan fingerprint density at radius 2 is 2.27 bits per heavy atom. The Bertz CT molecular complexity index is 345. The maximum atomic E-state index is 11.7. The van der Waals surface area contributed by atoms with Gasteiger partial charge in [-0.05, 0) is 6.07 Å². The first-order chi connectivity index (χ1) is 6.89. The molecule has 0 aromatic carbocycles. The number of halogens is 3. The first-order valence-corrected chi connectivity index (χ1v) is 4.23. The van der Waals surface area contributed by atoms with Crippen LogP contribution in [-0.2, 0) is 18.3 Å². The lowest BCUT2D eigenvalue weighted by molar-refractivity contribution is -0.173. The SMILES string of the molecule is Cn1ccc(CCNC(=O)C(F)(F)F)n1. The van der Waals surface area contributed by atoms with Crippen LogP contribution in [0, 0.1) is 0 Å². The minimum Gasteiger partial charge on any atom is -0.348 e. The fourth-order valence-corrected chi connectivity index (χ4v) is 1.00. The normalized spacial score (nSPS) is 11.5. The van der Waals surface area contributed by atoms with E-state index >= 15 is 0 Å². The van der Waals surface area contributed by atoms with Crippen molar-refractivity contribution in [2.45, 2.75) is 12.6 Å². The first-order valence-electron chi connectivity index (χ1n) is 4.23. The highest BCUT2D eigenvalue weighted by Gasteiger charge is 2.38. The zero-order chi connectivity index (χ0) is 11.5. The lowest BCUT2D eigenvalue weighted by atomic mass is 10.3. The Morgan fingerprint density at radius 3 is 2.73 bits per heavy atom. The molecule has 0 aliphatic carbocycles. The molecule has 4 nitrogen and oxygen atoms in total. The summed E-state index contributed by atoms with van der Waals surface area (Å²) >= 11 is 0. The molecular weight excluding hydrogens is 211 g/mol. The van der Waals surface area contributed by atoms with Crippen LogP contribution in [0.3, 0.4) is 0 Å². The molecule has 0 radical (unpaired) electrons. The smallest absolute Gasteiger partial charge is 0.348 e. The third-order valence-corrected chi connectivity index (χ3v) is 1.69. The van der Waals surface area contributed by atoms with Crippen LogP contribution in [0.1, 0.15) is 5.69 Å². The minimum absolute atomic E-state index is 0.0741. The molecule has 0 aliphatic rings. The highest BCUT2D eigenvalue weighted by Crippen LogP contribution is 2.13. The van der Waals surface area contributed by atoms with E-state index < -0.39 is 12.1 Å². The predicted octanol–water partition coefficient (Wildman–Crippen LogP) is 0.641. The summed E-state index contributed by atoms with van der Waals surface area (Å²) in [6.07, 6.45) is -2.85. The molecule has 7 heteroatoms. The molecule has 1 heterocycles. The second-order valence-electron chi connectivity index (χ2n) is 2.98. The topological polar surface area (TPSA) is 46.9 Å². The molecule has 0 aliphatic heterocycles. The Kier molecular flexibility index (Phi) is 3.33. The zero-order valence-electron chi connectivity index (χ0n) is 8.01. The Labute approximate surface area is 84.1 Å². The molecule has 0 spiro atoms. The molecular formula is C8H10F3N3O. The first kappa shape index (κ1) is 11.5. The third-order valence-electron chi connectivity index (χ3n) is 1.69. The summed E-state index contributed by atoms with van der Waals surface area (Å²) in [7, 11) is 1.71. The minimum atomic E-state index is -4.82. The van der Waals surface area contributed by atoms with Gasteiger partial charge in [0, 0.05) is 26.2 Å². The number of nitrogens with zero attached hydrogens (tertiary/aromatic N) is 2. The van der Waals surface area contributed by atoms with Crippen molar-refractivity contribution in [2.75, 3.05) is 6.54 Å². The molecule has 84 valence electrons. The fourth-order valence-electron chi connectivity index (χ4n) is 1.00. The molecule has 0 atom stereocenters. The molecule has 0 bridgehead atoms. The summed E-state index contributed by atoms with van der Waals surface area (Å²) in [6.45, 7) is -0.0741. The van der Waals surface area contributed by atoms with E-state index in [4.69, 9.17) is 0 Å². The number of aryl methyl sites for hydroxylation is 1. The number of carbonyl (C=O) groups is 1. The Hall–Kier alpha value is -1.53. The van der Waals surface area contributed by atoms with Gasteiger partial charge >= 0.3 is 12.1 Å². The molecule has 0 fully saturated rings. The highest BCUT2D eigenvalue weighted by molar-refractivity contribution is 5.81. The van der Waals surface area contributed by atoms with E-state index in [0.717, 1.165) is 0 Å². The van der Waals surface area contributed by atoms with Crippen LogP contribution < -0.4 is 5.32 Å². The van der Waals surface area contributed by atoms with Gasteiger partial charge in [-0.25, -0.2) is 0 Å². The van der Waals surface area contributed by atoms with E-state index in [0.29, 0.717) is 5.69 Å². The number of amides is 1. The maximum Gasteiger partial charge on any atom is 0.471 e. The maximum absolute atomic E-state index is 11.7. The molecule has 1 rings (SSSR count). The second-order valence-corrected chi connectivity index (χ2v) is 2.98. The predicted molar refractivity (Wildman–Crippen MR) is 46.0 cm³/mol. The molecule has 1 aromatic heterocycles. The van der Waals surface area contributed by atoms with Gasteiger partial charge < -0.3 is 5.32 Å². The van der Waals surface area contributed by atoms with Crippen molar-refractivity contribution in [2.24, 2.45) is 7.05 Å². The summed E-state index contributed by atoms with van der Waals surface area (Å²) in [5.41, 5.74) is 0.639. The number of alkyl halides is 3. The van der Waals surface area contributed by atoms with E-state index in [9.17, 15) is 18.0 Å². The van der Waals surface area contributed by atoms with Crippen LogP contribution >= 0.6 is 0 Å². The summed E-state index contributed by atoms with van der Waals surface area (Å²) in [5.74, 6) is -1.92. The van der Waals surface area contributed by atoms with Crippen LogP contribution in [-0.4, -0.2) is 28.4 Å². The number of aromatic nitrogens is 2. The average Bonchev–Trinajstić information content (AvgIpc) is 2.49. The van der Waals surface area contributed by atoms with Crippen molar-refractivity contribution in [3.63, 3.8) is 0 Å². The molecule has 15 heavy (non-hydrogen) atoms. The number of rotatable bonds is 3. The molecule has 1 aromatic rings. The van der Waals surface area contributed by atoms with Gasteiger partial charge in [0.15, 0.2) is 0 Å². The number of carbonyl (C=O) groups excluding carboxylic acids is 1. The summed E-state index contributed by atoms with van der Waals surface area (Å²) in [6, 6.07) is 1.68. The van der Waals surface area contributed by atoms with Crippen LogP contribution in [0.5, 0.6) is 0 Å². The quantitative estimate of drug-likeness (QED) is 0.814. The molecule has 1 amide bonds. The highest BCUT2D eigenvalue weighted by atomic mass is 19.4. The largest absolute Gasteiger partial charge is 0.471 e. The number of hydrogen-bond acceptors (Lipinski definition) is 2. The van der Waals surface area contributed by atoms with Crippen LogP contribution in [0.2, 0.25) is 0 Å². The van der Waals surface area contributed by atoms with Crippen LogP contribution in [0.4, 0.5) is 13.2 Å². The van der Waals surface area contributed by atoms with Crippen molar-refractivity contribution in [3.8, 4) is 0 Å². The van der Waals surface area contributed by atoms with Crippen molar-refractivity contribution in [3.05, 3.63) is 18.0 Å².